The Hall–Kier alpha value is -2.76. The maximum absolute atomic E-state index is 12.6. The summed E-state index contributed by atoms with van der Waals surface area (Å²) in [6.45, 7) is 6.96. The largest absolute Gasteiger partial charge is 0.459 e. The van der Waals surface area contributed by atoms with Crippen molar-refractivity contribution >= 4 is 11.9 Å². The second kappa shape index (κ2) is 7.68. The maximum atomic E-state index is 12.6. The van der Waals surface area contributed by atoms with Crippen molar-refractivity contribution in [3.63, 3.8) is 0 Å². The van der Waals surface area contributed by atoms with Crippen molar-refractivity contribution in [2.24, 2.45) is 0 Å². The average Bonchev–Trinajstić information content (AvgIpc) is 2.53. The molecule has 0 aliphatic rings. The van der Waals surface area contributed by atoms with E-state index in [2.05, 4.69) is 9.97 Å². The molecule has 0 aliphatic carbocycles. The van der Waals surface area contributed by atoms with E-state index in [0.29, 0.717) is 11.4 Å². The summed E-state index contributed by atoms with van der Waals surface area (Å²) in [5, 5.41) is 0. The van der Waals surface area contributed by atoms with Crippen molar-refractivity contribution in [1.29, 1.82) is 0 Å². The number of nitrogens with zero attached hydrogens (tertiary/aromatic N) is 2. The summed E-state index contributed by atoms with van der Waals surface area (Å²) in [4.78, 5) is 33.4. The molecule has 0 N–H and O–H groups in total. The van der Waals surface area contributed by atoms with Crippen molar-refractivity contribution < 1.29 is 19.1 Å². The summed E-state index contributed by atoms with van der Waals surface area (Å²) in [7, 11) is 0. The highest BCUT2D eigenvalue weighted by atomic mass is 16.5. The topological polar surface area (TPSA) is 78.4 Å². The fourth-order valence-electron chi connectivity index (χ4n) is 2.09. The molecule has 0 saturated heterocycles. The lowest BCUT2D eigenvalue weighted by Crippen LogP contribution is -2.20. The molecule has 0 atom stereocenters. The molecule has 0 fully saturated rings. The van der Waals surface area contributed by atoms with E-state index in [1.165, 1.54) is 12.3 Å². The van der Waals surface area contributed by atoms with E-state index in [4.69, 9.17) is 9.47 Å². The quantitative estimate of drug-likeness (QED) is 0.784. The van der Waals surface area contributed by atoms with Gasteiger partial charge in [0, 0.05) is 12.4 Å². The van der Waals surface area contributed by atoms with E-state index in [0.717, 1.165) is 0 Å². The summed E-state index contributed by atoms with van der Waals surface area (Å²) < 4.78 is 10.5. The maximum Gasteiger partial charge on any atom is 0.341 e. The van der Waals surface area contributed by atoms with Crippen LogP contribution < -0.4 is 0 Å². The van der Waals surface area contributed by atoms with Crippen molar-refractivity contribution in [3.05, 3.63) is 47.8 Å². The predicted octanol–water partition coefficient (Wildman–Crippen LogP) is 3.27. The lowest BCUT2D eigenvalue weighted by atomic mass is 10.0. The van der Waals surface area contributed by atoms with Crippen LogP contribution in [0.1, 0.15) is 48.4 Å². The van der Waals surface area contributed by atoms with E-state index in [-0.39, 0.29) is 23.3 Å². The van der Waals surface area contributed by atoms with Crippen LogP contribution in [0.25, 0.3) is 11.4 Å². The van der Waals surface area contributed by atoms with Gasteiger partial charge < -0.3 is 9.47 Å². The number of rotatable bonds is 5. The number of carbonyl (C=O) groups excluding carboxylic acids is 2. The summed E-state index contributed by atoms with van der Waals surface area (Å²) in [6, 6.07) is 6.70. The smallest absolute Gasteiger partial charge is 0.341 e. The minimum atomic E-state index is -0.630. The van der Waals surface area contributed by atoms with Crippen LogP contribution in [0.2, 0.25) is 0 Å². The molecular weight excluding hydrogens is 308 g/mol. The van der Waals surface area contributed by atoms with Crippen molar-refractivity contribution in [1.82, 2.24) is 9.97 Å². The lowest BCUT2D eigenvalue weighted by Gasteiger charge is -2.15. The van der Waals surface area contributed by atoms with Gasteiger partial charge in [-0.3, -0.25) is 9.97 Å². The zero-order valence-electron chi connectivity index (χ0n) is 14.1. The van der Waals surface area contributed by atoms with Crippen LogP contribution in [0, 0.1) is 0 Å². The fourth-order valence-corrected chi connectivity index (χ4v) is 2.09. The van der Waals surface area contributed by atoms with E-state index >= 15 is 0 Å². The number of hydrogen-bond donors (Lipinski definition) is 0. The summed E-state index contributed by atoms with van der Waals surface area (Å²) in [5.74, 6) is -1.23. The molecule has 6 nitrogen and oxygen atoms in total. The minimum absolute atomic E-state index is 0.0653. The van der Waals surface area contributed by atoms with E-state index in [1.807, 2.05) is 0 Å². The number of esters is 2. The third-order valence-electron chi connectivity index (χ3n) is 2.97. The Kier molecular flexibility index (Phi) is 5.63. The first-order valence-corrected chi connectivity index (χ1v) is 7.72. The Bertz CT molecular complexity index is 727. The van der Waals surface area contributed by atoms with E-state index < -0.39 is 11.9 Å². The summed E-state index contributed by atoms with van der Waals surface area (Å²) in [5.41, 5.74) is 0.951. The van der Waals surface area contributed by atoms with Crippen LogP contribution in [0.5, 0.6) is 0 Å². The molecule has 126 valence electrons. The standard InChI is InChI=1S/C18H20N2O4/c1-11(2)23-17(21)13-8-10-20-16(14-7-5-6-9-19-14)15(13)18(22)24-12(3)4/h5-12H,1-4H3. The van der Waals surface area contributed by atoms with Crippen LogP contribution in [-0.4, -0.2) is 34.1 Å². The SMILES string of the molecule is CC(C)OC(=O)c1ccnc(-c2ccccn2)c1C(=O)OC(C)C. The van der Waals surface area contributed by atoms with E-state index in [9.17, 15) is 9.59 Å². The van der Waals surface area contributed by atoms with Gasteiger partial charge in [0.25, 0.3) is 0 Å². The van der Waals surface area contributed by atoms with Crippen LogP contribution in [-0.2, 0) is 9.47 Å². The normalized spacial score (nSPS) is 10.8. The summed E-state index contributed by atoms with van der Waals surface area (Å²) in [6.07, 6.45) is 2.40. The molecule has 0 aliphatic heterocycles. The van der Waals surface area contributed by atoms with Gasteiger partial charge in [-0.15, -0.1) is 0 Å². The van der Waals surface area contributed by atoms with Gasteiger partial charge in [0.05, 0.1) is 23.5 Å². The number of ether oxygens (including phenoxy) is 2. The Labute approximate surface area is 140 Å². The number of pyridine rings is 2. The van der Waals surface area contributed by atoms with Gasteiger partial charge in [0.1, 0.15) is 11.3 Å². The first kappa shape index (κ1) is 17.6. The highest BCUT2D eigenvalue weighted by molar-refractivity contribution is 6.06. The molecule has 2 rings (SSSR count). The highest BCUT2D eigenvalue weighted by Crippen LogP contribution is 2.24. The predicted molar refractivity (Wildman–Crippen MR) is 88.6 cm³/mol. The minimum Gasteiger partial charge on any atom is -0.459 e. The van der Waals surface area contributed by atoms with Gasteiger partial charge in [-0.05, 0) is 45.9 Å². The molecule has 0 aromatic carbocycles. The molecule has 2 aromatic heterocycles. The van der Waals surface area contributed by atoms with Crippen LogP contribution in [0.15, 0.2) is 36.7 Å². The van der Waals surface area contributed by atoms with Gasteiger partial charge >= 0.3 is 11.9 Å². The van der Waals surface area contributed by atoms with E-state index in [1.54, 1.807) is 52.1 Å². The van der Waals surface area contributed by atoms with Crippen molar-refractivity contribution in [2.75, 3.05) is 0 Å². The van der Waals surface area contributed by atoms with Crippen molar-refractivity contribution in [2.45, 2.75) is 39.9 Å². The zero-order valence-corrected chi connectivity index (χ0v) is 14.1. The molecule has 2 heterocycles. The average molecular weight is 328 g/mol. The number of hydrogen-bond acceptors (Lipinski definition) is 6. The van der Waals surface area contributed by atoms with Gasteiger partial charge in [-0.25, -0.2) is 9.59 Å². The highest BCUT2D eigenvalue weighted by Gasteiger charge is 2.26. The molecule has 0 spiro atoms. The Morgan fingerprint density at radius 1 is 0.875 bits per heavy atom. The second-order valence-electron chi connectivity index (χ2n) is 5.71. The van der Waals surface area contributed by atoms with Gasteiger partial charge in [-0.2, -0.15) is 0 Å². The third-order valence-corrected chi connectivity index (χ3v) is 2.97. The van der Waals surface area contributed by atoms with Crippen LogP contribution >= 0.6 is 0 Å². The molecule has 0 unspecified atom stereocenters. The molecule has 6 heteroatoms. The Morgan fingerprint density at radius 3 is 2.12 bits per heavy atom. The third kappa shape index (κ3) is 4.16. The van der Waals surface area contributed by atoms with Gasteiger partial charge in [-0.1, -0.05) is 6.07 Å². The number of carbonyl (C=O) groups is 2. The molecule has 0 amide bonds. The van der Waals surface area contributed by atoms with Crippen LogP contribution in [0.3, 0.4) is 0 Å². The fraction of sp³-hybridized carbons (Fsp3) is 0.333. The van der Waals surface area contributed by atoms with Crippen LogP contribution in [0.4, 0.5) is 0 Å². The molecular formula is C18H20N2O4. The molecule has 2 aromatic rings. The monoisotopic (exact) mass is 328 g/mol. The lowest BCUT2D eigenvalue weighted by molar-refractivity contribution is 0.0328. The first-order valence-electron chi connectivity index (χ1n) is 7.72. The zero-order chi connectivity index (χ0) is 17.7. The molecule has 0 bridgehead atoms. The van der Waals surface area contributed by atoms with Gasteiger partial charge in [0.15, 0.2) is 0 Å². The molecule has 24 heavy (non-hydrogen) atoms. The Balaban J connectivity index is 2.59. The molecule has 0 radical (unpaired) electrons. The number of aromatic nitrogens is 2. The Morgan fingerprint density at radius 2 is 1.54 bits per heavy atom. The van der Waals surface area contributed by atoms with Crippen molar-refractivity contribution in [3.8, 4) is 11.4 Å². The first-order chi connectivity index (χ1) is 11.4. The second-order valence-corrected chi connectivity index (χ2v) is 5.71. The van der Waals surface area contributed by atoms with Gasteiger partial charge in [0.2, 0.25) is 0 Å². The molecule has 0 saturated carbocycles. The summed E-state index contributed by atoms with van der Waals surface area (Å²) >= 11 is 0.